The van der Waals surface area contributed by atoms with Crippen LogP contribution in [-0.4, -0.2) is 53.2 Å². The maximum atomic E-state index is 13.7. The van der Waals surface area contributed by atoms with E-state index in [1.54, 1.807) is 0 Å². The van der Waals surface area contributed by atoms with Crippen molar-refractivity contribution in [1.82, 2.24) is 9.80 Å². The number of hydrogen-bond acceptors (Lipinski definition) is 3. The molecule has 1 saturated carbocycles. The van der Waals surface area contributed by atoms with E-state index >= 15 is 0 Å². The molecule has 1 saturated heterocycles. The van der Waals surface area contributed by atoms with Gasteiger partial charge >= 0.3 is 0 Å². The SMILES string of the molecule is OC1CCC(N2CCN(Cc3cc(F)ccc3F)CC2)CC1. The molecule has 0 aromatic heterocycles. The number of aliphatic hydroxyl groups excluding tert-OH is 1. The zero-order valence-electron chi connectivity index (χ0n) is 12.8. The zero-order valence-corrected chi connectivity index (χ0v) is 12.8. The third-order valence-corrected chi connectivity index (χ3v) is 4.99. The molecular weight excluding hydrogens is 286 g/mol. The molecule has 3 nitrogen and oxygen atoms in total. The molecule has 22 heavy (non-hydrogen) atoms. The Balaban J connectivity index is 1.50. The predicted molar refractivity (Wildman–Crippen MR) is 81.5 cm³/mol. The lowest BCUT2D eigenvalue weighted by molar-refractivity contribution is 0.0420. The van der Waals surface area contributed by atoms with Crippen molar-refractivity contribution < 1.29 is 13.9 Å². The van der Waals surface area contributed by atoms with Gasteiger partial charge < -0.3 is 5.11 Å². The van der Waals surface area contributed by atoms with Gasteiger partial charge in [0.25, 0.3) is 0 Å². The molecule has 1 aliphatic heterocycles. The highest BCUT2D eigenvalue weighted by Gasteiger charge is 2.27. The van der Waals surface area contributed by atoms with Crippen LogP contribution in [0.15, 0.2) is 18.2 Å². The van der Waals surface area contributed by atoms with E-state index in [9.17, 15) is 13.9 Å². The fourth-order valence-corrected chi connectivity index (χ4v) is 3.62. The van der Waals surface area contributed by atoms with Crippen molar-refractivity contribution in [3.05, 3.63) is 35.4 Å². The van der Waals surface area contributed by atoms with Gasteiger partial charge in [-0.25, -0.2) is 8.78 Å². The molecule has 0 atom stereocenters. The van der Waals surface area contributed by atoms with E-state index < -0.39 is 0 Å². The third-order valence-electron chi connectivity index (χ3n) is 4.99. The van der Waals surface area contributed by atoms with Crippen LogP contribution in [0.4, 0.5) is 8.78 Å². The molecule has 3 rings (SSSR count). The normalized spacial score (nSPS) is 28.0. The second kappa shape index (κ2) is 7.02. The van der Waals surface area contributed by atoms with Crippen molar-refractivity contribution in [3.63, 3.8) is 0 Å². The van der Waals surface area contributed by atoms with Crippen molar-refractivity contribution in [2.75, 3.05) is 26.2 Å². The second-order valence-corrected chi connectivity index (χ2v) is 6.51. The predicted octanol–water partition coefficient (Wildman–Crippen LogP) is 2.39. The van der Waals surface area contributed by atoms with Gasteiger partial charge in [-0.05, 0) is 43.9 Å². The summed E-state index contributed by atoms with van der Waals surface area (Å²) in [5.41, 5.74) is 0.439. The van der Waals surface area contributed by atoms with Gasteiger partial charge in [0, 0.05) is 44.3 Å². The van der Waals surface area contributed by atoms with Gasteiger partial charge in [0.15, 0.2) is 0 Å². The number of aliphatic hydroxyl groups is 1. The quantitative estimate of drug-likeness (QED) is 0.928. The topological polar surface area (TPSA) is 26.7 Å². The Bertz CT molecular complexity index is 495. The van der Waals surface area contributed by atoms with Crippen LogP contribution in [-0.2, 0) is 6.54 Å². The Hall–Kier alpha value is -1.04. The molecule has 1 heterocycles. The van der Waals surface area contributed by atoms with Crippen molar-refractivity contribution in [2.24, 2.45) is 0 Å². The van der Waals surface area contributed by atoms with E-state index in [-0.39, 0.29) is 17.7 Å². The molecule has 0 unspecified atom stereocenters. The number of benzene rings is 1. The zero-order chi connectivity index (χ0) is 15.5. The Morgan fingerprint density at radius 3 is 2.36 bits per heavy atom. The van der Waals surface area contributed by atoms with Gasteiger partial charge in [-0.2, -0.15) is 0 Å². The summed E-state index contributed by atoms with van der Waals surface area (Å²) in [6, 6.07) is 4.24. The average molecular weight is 310 g/mol. The largest absolute Gasteiger partial charge is 0.393 e. The molecule has 2 fully saturated rings. The number of piperazine rings is 1. The lowest BCUT2D eigenvalue weighted by atomic mass is 9.91. The highest BCUT2D eigenvalue weighted by molar-refractivity contribution is 5.18. The minimum absolute atomic E-state index is 0.117. The third kappa shape index (κ3) is 3.83. The van der Waals surface area contributed by atoms with Gasteiger partial charge in [0.05, 0.1) is 6.10 Å². The first kappa shape index (κ1) is 15.8. The molecule has 1 N–H and O–H groups in total. The van der Waals surface area contributed by atoms with E-state index in [2.05, 4.69) is 9.80 Å². The Morgan fingerprint density at radius 1 is 1.00 bits per heavy atom. The van der Waals surface area contributed by atoms with Crippen LogP contribution in [0.25, 0.3) is 0 Å². The van der Waals surface area contributed by atoms with Crippen LogP contribution in [0.2, 0.25) is 0 Å². The van der Waals surface area contributed by atoms with Crippen LogP contribution in [0.5, 0.6) is 0 Å². The molecule has 0 amide bonds. The Morgan fingerprint density at radius 2 is 1.68 bits per heavy atom. The standard InChI is InChI=1S/C17H24F2N2O/c18-14-1-6-17(19)13(11-14)12-20-7-9-21(10-8-20)15-2-4-16(22)5-3-15/h1,6,11,15-16,22H,2-5,7-10,12H2. The van der Waals surface area contributed by atoms with E-state index in [0.717, 1.165) is 57.9 Å². The lowest BCUT2D eigenvalue weighted by Gasteiger charge is -2.41. The van der Waals surface area contributed by atoms with Gasteiger partial charge in [-0.15, -0.1) is 0 Å². The molecule has 0 spiro atoms. The fraction of sp³-hybridized carbons (Fsp3) is 0.647. The monoisotopic (exact) mass is 310 g/mol. The molecule has 5 heteroatoms. The molecule has 1 aromatic carbocycles. The van der Waals surface area contributed by atoms with Crippen LogP contribution >= 0.6 is 0 Å². The van der Waals surface area contributed by atoms with Crippen LogP contribution in [0.3, 0.4) is 0 Å². The molecule has 1 aliphatic carbocycles. The van der Waals surface area contributed by atoms with Gasteiger partial charge in [0.2, 0.25) is 0 Å². The smallest absolute Gasteiger partial charge is 0.127 e. The molecule has 0 bridgehead atoms. The molecular formula is C17H24F2N2O. The lowest BCUT2D eigenvalue weighted by Crippen LogP contribution is -2.51. The van der Waals surface area contributed by atoms with Crippen LogP contribution in [0.1, 0.15) is 31.2 Å². The summed E-state index contributed by atoms with van der Waals surface area (Å²) in [6.07, 6.45) is 3.83. The Labute approximate surface area is 130 Å². The van der Waals surface area contributed by atoms with E-state index in [0.29, 0.717) is 18.2 Å². The van der Waals surface area contributed by atoms with E-state index in [1.807, 2.05) is 0 Å². The van der Waals surface area contributed by atoms with Crippen molar-refractivity contribution in [3.8, 4) is 0 Å². The summed E-state index contributed by atoms with van der Waals surface area (Å²) in [7, 11) is 0. The van der Waals surface area contributed by atoms with Gasteiger partial charge in [0.1, 0.15) is 11.6 Å². The number of rotatable bonds is 3. The van der Waals surface area contributed by atoms with Crippen molar-refractivity contribution >= 4 is 0 Å². The minimum Gasteiger partial charge on any atom is -0.393 e. The van der Waals surface area contributed by atoms with Crippen molar-refractivity contribution in [2.45, 2.75) is 44.4 Å². The summed E-state index contributed by atoms with van der Waals surface area (Å²) in [5.74, 6) is -0.708. The summed E-state index contributed by atoms with van der Waals surface area (Å²) >= 11 is 0. The number of halogens is 2. The van der Waals surface area contributed by atoms with Crippen LogP contribution < -0.4 is 0 Å². The molecule has 122 valence electrons. The maximum absolute atomic E-state index is 13.7. The summed E-state index contributed by atoms with van der Waals surface area (Å²) in [6.45, 7) is 4.18. The Kier molecular flexibility index (Phi) is 5.06. The minimum atomic E-state index is -0.379. The van der Waals surface area contributed by atoms with Gasteiger partial charge in [-0.3, -0.25) is 9.80 Å². The molecule has 0 radical (unpaired) electrons. The number of nitrogens with zero attached hydrogens (tertiary/aromatic N) is 2. The molecule has 1 aromatic rings. The maximum Gasteiger partial charge on any atom is 0.127 e. The summed E-state index contributed by atoms with van der Waals surface area (Å²) in [4.78, 5) is 4.68. The first-order valence-corrected chi connectivity index (χ1v) is 8.20. The first-order valence-electron chi connectivity index (χ1n) is 8.20. The first-order chi connectivity index (χ1) is 10.6. The highest BCUT2D eigenvalue weighted by Crippen LogP contribution is 2.24. The van der Waals surface area contributed by atoms with Gasteiger partial charge in [-0.1, -0.05) is 0 Å². The van der Waals surface area contributed by atoms with Crippen molar-refractivity contribution in [1.29, 1.82) is 0 Å². The van der Waals surface area contributed by atoms with E-state index in [4.69, 9.17) is 0 Å². The highest BCUT2D eigenvalue weighted by atomic mass is 19.1. The summed E-state index contributed by atoms with van der Waals surface area (Å²) in [5, 5.41) is 9.59. The fourth-order valence-electron chi connectivity index (χ4n) is 3.62. The second-order valence-electron chi connectivity index (χ2n) is 6.51. The van der Waals surface area contributed by atoms with E-state index in [1.165, 1.54) is 12.1 Å². The average Bonchev–Trinajstić information content (AvgIpc) is 2.53. The van der Waals surface area contributed by atoms with Crippen LogP contribution in [0, 0.1) is 11.6 Å². The summed E-state index contributed by atoms with van der Waals surface area (Å²) < 4.78 is 26.9. The molecule has 2 aliphatic rings. The number of hydrogen-bond donors (Lipinski definition) is 1.